The van der Waals surface area contributed by atoms with Crippen molar-refractivity contribution in [1.29, 1.82) is 0 Å². The molecule has 3 rings (SSSR count). The minimum atomic E-state index is 0.646. The molecule has 0 fully saturated rings. The topological polar surface area (TPSA) is 64.3 Å². The van der Waals surface area contributed by atoms with Gasteiger partial charge in [-0.1, -0.05) is 42.8 Å². The van der Waals surface area contributed by atoms with E-state index in [1.807, 2.05) is 24.4 Å². The first-order valence-corrected chi connectivity index (χ1v) is 11.7. The highest BCUT2D eigenvalue weighted by molar-refractivity contribution is 6.32. The molecular formula is C26H33ClN4O. The van der Waals surface area contributed by atoms with Gasteiger partial charge in [0.2, 0.25) is 0 Å². The van der Waals surface area contributed by atoms with Crippen molar-refractivity contribution in [2.24, 2.45) is 5.73 Å². The molecule has 32 heavy (non-hydrogen) atoms. The van der Waals surface area contributed by atoms with Crippen LogP contribution in [0.5, 0.6) is 5.75 Å². The molecule has 5 nitrogen and oxygen atoms in total. The summed E-state index contributed by atoms with van der Waals surface area (Å²) in [6.45, 7) is 5.88. The minimum absolute atomic E-state index is 0.646. The second-order valence-electron chi connectivity index (χ2n) is 7.89. The second-order valence-corrected chi connectivity index (χ2v) is 8.30. The largest absolute Gasteiger partial charge is 0.495 e. The molecule has 6 heteroatoms. The van der Waals surface area contributed by atoms with E-state index in [-0.39, 0.29) is 0 Å². The number of rotatable bonds is 12. The first-order valence-electron chi connectivity index (χ1n) is 11.3. The molecule has 1 aromatic heterocycles. The summed E-state index contributed by atoms with van der Waals surface area (Å²) in [7, 11) is 1.63. The zero-order valence-electron chi connectivity index (χ0n) is 19.1. The number of aromatic nitrogens is 2. The summed E-state index contributed by atoms with van der Waals surface area (Å²) in [5.41, 5.74) is 10.2. The fraction of sp³-hybridized carbons (Fsp3) is 0.385. The van der Waals surface area contributed by atoms with Crippen LogP contribution in [-0.2, 0) is 19.4 Å². The highest BCUT2D eigenvalue weighted by Gasteiger charge is 2.08. The van der Waals surface area contributed by atoms with E-state index in [0.717, 1.165) is 68.9 Å². The van der Waals surface area contributed by atoms with Crippen LogP contribution in [0.15, 0.2) is 54.7 Å². The number of nitrogens with two attached hydrogens (primary N) is 1. The molecule has 0 aliphatic rings. The molecule has 0 amide bonds. The minimum Gasteiger partial charge on any atom is -0.495 e. The molecule has 2 aromatic carbocycles. The Kier molecular flexibility index (Phi) is 9.47. The van der Waals surface area contributed by atoms with Crippen LogP contribution in [0.25, 0.3) is 11.3 Å². The number of hydrogen-bond acceptors (Lipinski definition) is 5. The summed E-state index contributed by atoms with van der Waals surface area (Å²) >= 11 is 6.23. The second kappa shape index (κ2) is 12.5. The number of ether oxygens (including phenoxy) is 1. The molecular weight excluding hydrogens is 420 g/mol. The van der Waals surface area contributed by atoms with E-state index in [1.165, 1.54) is 11.1 Å². The van der Waals surface area contributed by atoms with Crippen LogP contribution in [0.4, 0.5) is 0 Å². The van der Waals surface area contributed by atoms with E-state index in [1.54, 1.807) is 7.11 Å². The van der Waals surface area contributed by atoms with Gasteiger partial charge in [-0.05, 0) is 74.3 Å². The van der Waals surface area contributed by atoms with Crippen molar-refractivity contribution in [3.8, 4) is 17.0 Å². The summed E-state index contributed by atoms with van der Waals surface area (Å²) in [6, 6.07) is 16.6. The van der Waals surface area contributed by atoms with Crippen LogP contribution in [0.2, 0.25) is 5.02 Å². The normalized spacial score (nSPS) is 11.2. The van der Waals surface area contributed by atoms with Gasteiger partial charge in [-0.15, -0.1) is 0 Å². The molecule has 3 aromatic rings. The maximum Gasteiger partial charge on any atom is 0.137 e. The molecule has 0 aliphatic heterocycles. The fourth-order valence-corrected chi connectivity index (χ4v) is 4.03. The summed E-state index contributed by atoms with van der Waals surface area (Å²) in [4.78, 5) is 11.7. The predicted molar refractivity (Wildman–Crippen MR) is 132 cm³/mol. The summed E-state index contributed by atoms with van der Waals surface area (Å²) in [6.07, 6.45) is 5.57. The SMILES string of the molecule is CCN(CCCN)Cc1cccc(-c2ccnc(CCCc3ccc(OC)c(Cl)c3)n2)c1. The molecule has 2 N–H and O–H groups in total. The lowest BCUT2D eigenvalue weighted by Gasteiger charge is -2.20. The van der Waals surface area contributed by atoms with E-state index >= 15 is 0 Å². The van der Waals surface area contributed by atoms with Crippen molar-refractivity contribution in [2.45, 2.75) is 39.2 Å². The van der Waals surface area contributed by atoms with Crippen LogP contribution < -0.4 is 10.5 Å². The van der Waals surface area contributed by atoms with Gasteiger partial charge in [-0.2, -0.15) is 0 Å². The molecule has 0 unspecified atom stereocenters. The maximum atomic E-state index is 6.23. The van der Waals surface area contributed by atoms with E-state index in [4.69, 9.17) is 27.1 Å². The lowest BCUT2D eigenvalue weighted by atomic mass is 10.1. The molecule has 0 saturated heterocycles. The standard InChI is InChI=1S/C26H33ClN4O/c1-3-31(16-6-14-28)19-21-8-4-9-22(17-21)24-13-15-29-26(30-24)10-5-7-20-11-12-25(32-2)23(27)18-20/h4,8-9,11-13,15,17-18H,3,5-7,10,14,16,19,28H2,1-2H3. The number of hydrogen-bond donors (Lipinski definition) is 1. The Bertz CT molecular complexity index is 995. The Balaban J connectivity index is 1.62. The zero-order valence-corrected chi connectivity index (χ0v) is 19.8. The Labute approximate surface area is 196 Å². The smallest absolute Gasteiger partial charge is 0.137 e. The maximum absolute atomic E-state index is 6.23. The Morgan fingerprint density at radius 1 is 1.03 bits per heavy atom. The Hall–Kier alpha value is -2.47. The van der Waals surface area contributed by atoms with Gasteiger partial charge < -0.3 is 10.5 Å². The van der Waals surface area contributed by atoms with Crippen molar-refractivity contribution in [3.05, 3.63) is 76.7 Å². The molecule has 0 bridgehead atoms. The first-order chi connectivity index (χ1) is 15.6. The van der Waals surface area contributed by atoms with Crippen LogP contribution >= 0.6 is 11.6 Å². The van der Waals surface area contributed by atoms with E-state index in [2.05, 4.69) is 47.1 Å². The predicted octanol–water partition coefficient (Wildman–Crippen LogP) is 5.15. The Morgan fingerprint density at radius 3 is 2.66 bits per heavy atom. The van der Waals surface area contributed by atoms with Gasteiger partial charge in [0.05, 0.1) is 17.8 Å². The Morgan fingerprint density at radius 2 is 1.91 bits per heavy atom. The van der Waals surface area contributed by atoms with Crippen LogP contribution in [0.3, 0.4) is 0 Å². The van der Waals surface area contributed by atoms with Gasteiger partial charge in [0.1, 0.15) is 11.6 Å². The third-order valence-corrected chi connectivity index (χ3v) is 5.84. The first kappa shape index (κ1) is 24.2. The highest BCUT2D eigenvalue weighted by Crippen LogP contribution is 2.25. The molecule has 0 saturated carbocycles. The molecule has 170 valence electrons. The fourth-order valence-electron chi connectivity index (χ4n) is 3.75. The summed E-state index contributed by atoms with van der Waals surface area (Å²) in [5, 5.41) is 0.646. The van der Waals surface area contributed by atoms with Crippen LogP contribution in [0.1, 0.15) is 36.7 Å². The molecule has 0 spiro atoms. The number of benzene rings is 2. The van der Waals surface area contributed by atoms with Gasteiger partial charge in [0.25, 0.3) is 0 Å². The van der Waals surface area contributed by atoms with E-state index < -0.39 is 0 Å². The van der Waals surface area contributed by atoms with E-state index in [0.29, 0.717) is 10.8 Å². The van der Waals surface area contributed by atoms with Crippen molar-refractivity contribution < 1.29 is 4.74 Å². The lowest BCUT2D eigenvalue weighted by Crippen LogP contribution is -2.25. The number of nitrogens with zero attached hydrogens (tertiary/aromatic N) is 3. The average molecular weight is 453 g/mol. The third kappa shape index (κ3) is 7.02. The molecule has 0 atom stereocenters. The van der Waals surface area contributed by atoms with Gasteiger partial charge in [-0.3, -0.25) is 4.90 Å². The van der Waals surface area contributed by atoms with Gasteiger partial charge in [-0.25, -0.2) is 9.97 Å². The van der Waals surface area contributed by atoms with Crippen molar-refractivity contribution in [2.75, 3.05) is 26.7 Å². The molecule has 1 heterocycles. The lowest BCUT2D eigenvalue weighted by molar-refractivity contribution is 0.278. The van der Waals surface area contributed by atoms with Crippen LogP contribution in [-0.4, -0.2) is 41.6 Å². The van der Waals surface area contributed by atoms with Gasteiger partial charge in [0.15, 0.2) is 0 Å². The number of halogens is 1. The third-order valence-electron chi connectivity index (χ3n) is 5.54. The summed E-state index contributed by atoms with van der Waals surface area (Å²) < 4.78 is 5.22. The monoisotopic (exact) mass is 452 g/mol. The zero-order chi connectivity index (χ0) is 22.8. The highest BCUT2D eigenvalue weighted by atomic mass is 35.5. The van der Waals surface area contributed by atoms with Crippen molar-refractivity contribution in [3.63, 3.8) is 0 Å². The van der Waals surface area contributed by atoms with Crippen molar-refractivity contribution in [1.82, 2.24) is 14.9 Å². The van der Waals surface area contributed by atoms with Gasteiger partial charge >= 0.3 is 0 Å². The van der Waals surface area contributed by atoms with Gasteiger partial charge in [0, 0.05) is 24.7 Å². The average Bonchev–Trinajstić information content (AvgIpc) is 2.82. The molecule has 0 radical (unpaired) electrons. The summed E-state index contributed by atoms with van der Waals surface area (Å²) in [5.74, 6) is 1.57. The quantitative estimate of drug-likeness (QED) is 0.411. The van der Waals surface area contributed by atoms with Crippen molar-refractivity contribution >= 4 is 11.6 Å². The number of methoxy groups -OCH3 is 1. The van der Waals surface area contributed by atoms with E-state index in [9.17, 15) is 0 Å². The number of aryl methyl sites for hydroxylation is 2. The molecule has 0 aliphatic carbocycles. The van der Waals surface area contributed by atoms with Crippen LogP contribution in [0, 0.1) is 0 Å².